The molecule has 2 aromatic rings. The topological polar surface area (TPSA) is 54.7 Å². The maximum absolute atomic E-state index is 12.6. The summed E-state index contributed by atoms with van der Waals surface area (Å²) in [5.41, 5.74) is 0.451. The van der Waals surface area contributed by atoms with Crippen LogP contribution in [0.5, 0.6) is 0 Å². The number of halogens is 2. The van der Waals surface area contributed by atoms with Crippen molar-refractivity contribution in [3.63, 3.8) is 0 Å². The third-order valence-corrected chi connectivity index (χ3v) is 5.03. The highest BCUT2D eigenvalue weighted by atomic mass is 79.9. The van der Waals surface area contributed by atoms with Crippen molar-refractivity contribution >= 4 is 33.4 Å². The molecule has 0 radical (unpaired) electrons. The number of morpholine rings is 1. The van der Waals surface area contributed by atoms with Gasteiger partial charge in [0.15, 0.2) is 0 Å². The van der Waals surface area contributed by atoms with Gasteiger partial charge in [-0.25, -0.2) is 0 Å². The monoisotopic (exact) mass is 426 g/mol. The molecule has 134 valence electrons. The Labute approximate surface area is 160 Å². The molecule has 0 saturated carbocycles. The lowest BCUT2D eigenvalue weighted by molar-refractivity contribution is 0.0117. The normalized spacial score (nSPS) is 16.6. The van der Waals surface area contributed by atoms with Crippen LogP contribution in [0.3, 0.4) is 0 Å². The van der Waals surface area contributed by atoms with Crippen molar-refractivity contribution in [3.05, 3.63) is 56.9 Å². The van der Waals surface area contributed by atoms with Gasteiger partial charge in [0.25, 0.3) is 5.91 Å². The fourth-order valence-corrected chi connectivity index (χ4v) is 3.45. The van der Waals surface area contributed by atoms with E-state index in [4.69, 9.17) is 20.8 Å². The van der Waals surface area contributed by atoms with E-state index < -0.39 is 0 Å². The van der Waals surface area contributed by atoms with Gasteiger partial charge in [0.05, 0.1) is 29.8 Å². The molecule has 1 atom stereocenters. The Bertz CT molecular complexity index is 744. The molecule has 2 heterocycles. The van der Waals surface area contributed by atoms with Gasteiger partial charge in [0.2, 0.25) is 0 Å². The number of hydrogen-bond donors (Lipinski definition) is 1. The Kier molecular flexibility index (Phi) is 6.17. The van der Waals surface area contributed by atoms with Crippen molar-refractivity contribution < 1.29 is 13.9 Å². The highest BCUT2D eigenvalue weighted by molar-refractivity contribution is 9.10. The minimum atomic E-state index is -0.201. The van der Waals surface area contributed by atoms with Gasteiger partial charge >= 0.3 is 0 Å². The molecule has 0 bridgehead atoms. The summed E-state index contributed by atoms with van der Waals surface area (Å²) in [4.78, 5) is 14.8. The Morgan fingerprint density at radius 3 is 2.76 bits per heavy atom. The molecule has 0 spiro atoms. The van der Waals surface area contributed by atoms with Gasteiger partial charge in [-0.1, -0.05) is 27.5 Å². The quantitative estimate of drug-likeness (QED) is 0.788. The summed E-state index contributed by atoms with van der Waals surface area (Å²) < 4.78 is 12.1. The standard InChI is InChI=1S/C18H20BrClN2O3/c1-12-2-5-17(25-12)16(22-6-8-24-9-7-22)11-21-18(23)14-10-13(19)3-4-15(14)20/h2-5,10,16H,6-9,11H2,1H3,(H,21,23). The largest absolute Gasteiger partial charge is 0.465 e. The van der Waals surface area contributed by atoms with Gasteiger partial charge in [-0.3, -0.25) is 9.69 Å². The molecule has 1 aliphatic rings. The van der Waals surface area contributed by atoms with Gasteiger partial charge in [-0.15, -0.1) is 0 Å². The van der Waals surface area contributed by atoms with E-state index in [1.54, 1.807) is 18.2 Å². The second-order valence-corrected chi connectivity index (χ2v) is 7.27. The van der Waals surface area contributed by atoms with E-state index in [2.05, 4.69) is 26.1 Å². The summed E-state index contributed by atoms with van der Waals surface area (Å²) in [5, 5.41) is 3.41. The van der Waals surface area contributed by atoms with E-state index >= 15 is 0 Å². The predicted molar refractivity (Wildman–Crippen MR) is 100 cm³/mol. The van der Waals surface area contributed by atoms with Crippen LogP contribution in [0.15, 0.2) is 39.2 Å². The number of nitrogens with one attached hydrogen (secondary N) is 1. The Morgan fingerprint density at radius 1 is 1.32 bits per heavy atom. The number of carbonyl (C=O) groups excluding carboxylic acids is 1. The van der Waals surface area contributed by atoms with Gasteiger partial charge < -0.3 is 14.5 Å². The van der Waals surface area contributed by atoms with Crippen LogP contribution in [0.2, 0.25) is 5.02 Å². The number of nitrogens with zero attached hydrogens (tertiary/aromatic N) is 1. The lowest BCUT2D eigenvalue weighted by atomic mass is 10.1. The molecule has 0 aliphatic carbocycles. The second kappa shape index (κ2) is 8.36. The smallest absolute Gasteiger partial charge is 0.252 e. The van der Waals surface area contributed by atoms with Crippen LogP contribution in [-0.2, 0) is 4.74 Å². The molecule has 1 unspecified atom stereocenters. The van der Waals surface area contributed by atoms with E-state index in [0.717, 1.165) is 29.1 Å². The van der Waals surface area contributed by atoms with Crippen molar-refractivity contribution in [2.45, 2.75) is 13.0 Å². The maximum atomic E-state index is 12.6. The van der Waals surface area contributed by atoms with Crippen LogP contribution in [0.1, 0.15) is 27.9 Å². The van der Waals surface area contributed by atoms with E-state index in [1.165, 1.54) is 0 Å². The van der Waals surface area contributed by atoms with E-state index in [0.29, 0.717) is 30.3 Å². The number of furan rings is 1. The Balaban J connectivity index is 1.73. The SMILES string of the molecule is Cc1ccc(C(CNC(=O)c2cc(Br)ccc2Cl)N2CCOCC2)o1. The predicted octanol–water partition coefficient (Wildman–Crippen LogP) is 3.81. The van der Waals surface area contributed by atoms with Crippen LogP contribution >= 0.6 is 27.5 Å². The molecule has 1 aliphatic heterocycles. The van der Waals surface area contributed by atoms with Gasteiger partial charge in [-0.05, 0) is 37.3 Å². The fraction of sp³-hybridized carbons (Fsp3) is 0.389. The van der Waals surface area contributed by atoms with Crippen LogP contribution in [0, 0.1) is 6.92 Å². The molecular formula is C18H20BrClN2O3. The third-order valence-electron chi connectivity index (χ3n) is 4.21. The molecule has 1 fully saturated rings. The van der Waals surface area contributed by atoms with E-state index in [9.17, 15) is 4.79 Å². The summed E-state index contributed by atoms with van der Waals surface area (Å²) in [7, 11) is 0. The third kappa shape index (κ3) is 4.64. The number of aryl methyl sites for hydroxylation is 1. The van der Waals surface area contributed by atoms with Crippen LogP contribution in [0.25, 0.3) is 0 Å². The molecule has 25 heavy (non-hydrogen) atoms. The number of rotatable bonds is 5. The first-order valence-corrected chi connectivity index (χ1v) is 9.33. The maximum Gasteiger partial charge on any atom is 0.252 e. The minimum Gasteiger partial charge on any atom is -0.465 e. The molecular weight excluding hydrogens is 408 g/mol. The number of hydrogen-bond acceptors (Lipinski definition) is 4. The van der Waals surface area contributed by atoms with Crippen LogP contribution < -0.4 is 5.32 Å². The zero-order chi connectivity index (χ0) is 17.8. The van der Waals surface area contributed by atoms with Gasteiger partial charge in [0.1, 0.15) is 11.5 Å². The number of ether oxygens (including phenoxy) is 1. The second-order valence-electron chi connectivity index (χ2n) is 5.95. The summed E-state index contributed by atoms with van der Waals surface area (Å²) in [6, 6.07) is 9.10. The first kappa shape index (κ1) is 18.5. The average molecular weight is 428 g/mol. The summed E-state index contributed by atoms with van der Waals surface area (Å²) in [5.74, 6) is 1.50. The van der Waals surface area contributed by atoms with Crippen LogP contribution in [-0.4, -0.2) is 43.7 Å². The fourth-order valence-electron chi connectivity index (χ4n) is 2.89. The number of amides is 1. The molecule has 5 nitrogen and oxygen atoms in total. The molecule has 1 aromatic carbocycles. The molecule has 7 heteroatoms. The molecule has 1 N–H and O–H groups in total. The van der Waals surface area contributed by atoms with E-state index in [-0.39, 0.29) is 11.9 Å². The van der Waals surface area contributed by atoms with Gasteiger partial charge in [-0.2, -0.15) is 0 Å². The van der Waals surface area contributed by atoms with Crippen LogP contribution in [0.4, 0.5) is 0 Å². The lowest BCUT2D eigenvalue weighted by Gasteiger charge is -2.33. The van der Waals surface area contributed by atoms with Crippen molar-refractivity contribution in [2.75, 3.05) is 32.8 Å². The molecule has 1 saturated heterocycles. The van der Waals surface area contributed by atoms with Crippen molar-refractivity contribution in [1.82, 2.24) is 10.2 Å². The summed E-state index contributed by atoms with van der Waals surface area (Å²) >= 11 is 9.52. The number of carbonyl (C=O) groups is 1. The molecule has 1 amide bonds. The first-order chi connectivity index (χ1) is 12.0. The van der Waals surface area contributed by atoms with Gasteiger partial charge in [0, 0.05) is 24.1 Å². The summed E-state index contributed by atoms with van der Waals surface area (Å²) in [6.45, 7) is 5.33. The molecule has 3 rings (SSSR count). The number of benzene rings is 1. The van der Waals surface area contributed by atoms with Crippen molar-refractivity contribution in [1.29, 1.82) is 0 Å². The first-order valence-electron chi connectivity index (χ1n) is 8.16. The molecule has 1 aromatic heterocycles. The zero-order valence-electron chi connectivity index (χ0n) is 13.9. The highest BCUT2D eigenvalue weighted by Gasteiger charge is 2.26. The van der Waals surface area contributed by atoms with E-state index in [1.807, 2.05) is 19.1 Å². The highest BCUT2D eigenvalue weighted by Crippen LogP contribution is 2.24. The Morgan fingerprint density at radius 2 is 2.08 bits per heavy atom. The average Bonchev–Trinajstić information content (AvgIpc) is 3.04. The Hall–Kier alpha value is -1.34. The van der Waals surface area contributed by atoms with Crippen molar-refractivity contribution in [3.8, 4) is 0 Å². The van der Waals surface area contributed by atoms with Crippen molar-refractivity contribution in [2.24, 2.45) is 0 Å². The lowest BCUT2D eigenvalue weighted by Crippen LogP contribution is -2.43. The summed E-state index contributed by atoms with van der Waals surface area (Å²) in [6.07, 6.45) is 0. The minimum absolute atomic E-state index is 0.0347. The zero-order valence-corrected chi connectivity index (χ0v) is 16.3.